The lowest BCUT2D eigenvalue weighted by atomic mass is 9.94. The molecule has 1 fully saturated rings. The number of rotatable bonds is 4. The minimum Gasteiger partial charge on any atom is -0.481 e. The van der Waals surface area contributed by atoms with E-state index < -0.39 is 17.8 Å². The molecule has 0 spiro atoms. The molecule has 1 saturated carbocycles. The number of aliphatic carboxylic acids is 1. The summed E-state index contributed by atoms with van der Waals surface area (Å²) in [6.45, 7) is 1.79. The van der Waals surface area contributed by atoms with Gasteiger partial charge in [-0.25, -0.2) is 4.98 Å². The fraction of sp³-hybridized carbons (Fsp3) is 0.533. The molecule has 1 amide bonds. The smallest absolute Gasteiger partial charge is 0.308 e. The van der Waals surface area contributed by atoms with Gasteiger partial charge in [0.2, 0.25) is 0 Å². The van der Waals surface area contributed by atoms with Gasteiger partial charge in [0.05, 0.1) is 11.5 Å². The quantitative estimate of drug-likeness (QED) is 0.735. The molecule has 2 unspecified atom stereocenters. The van der Waals surface area contributed by atoms with Crippen molar-refractivity contribution >= 4 is 17.7 Å². The van der Waals surface area contributed by atoms with Crippen molar-refractivity contribution in [1.29, 1.82) is 0 Å². The van der Waals surface area contributed by atoms with Gasteiger partial charge >= 0.3 is 5.97 Å². The molecule has 2 rings (SSSR count). The predicted molar refractivity (Wildman–Crippen MR) is 79.1 cm³/mol. The van der Waals surface area contributed by atoms with E-state index in [1.165, 1.54) is 0 Å². The van der Waals surface area contributed by atoms with Crippen LogP contribution in [0.3, 0.4) is 0 Å². The number of amides is 1. The Hall–Kier alpha value is -2.11. The highest BCUT2D eigenvalue weighted by molar-refractivity contribution is 5.99. The number of carbonyl (C=O) groups excluding carboxylic acids is 1. The zero-order valence-electron chi connectivity index (χ0n) is 12.1. The van der Waals surface area contributed by atoms with E-state index in [0.29, 0.717) is 17.8 Å². The van der Waals surface area contributed by atoms with Crippen LogP contribution < -0.4 is 11.1 Å². The monoisotopic (exact) mass is 291 g/mol. The van der Waals surface area contributed by atoms with E-state index in [9.17, 15) is 14.7 Å². The third-order valence-corrected chi connectivity index (χ3v) is 4.06. The van der Waals surface area contributed by atoms with Crippen LogP contribution in [0.4, 0.5) is 5.82 Å². The molecule has 2 atom stereocenters. The van der Waals surface area contributed by atoms with Crippen molar-refractivity contribution in [3.63, 3.8) is 0 Å². The van der Waals surface area contributed by atoms with Crippen LogP contribution in [0.15, 0.2) is 12.3 Å². The Morgan fingerprint density at radius 2 is 2.05 bits per heavy atom. The average molecular weight is 291 g/mol. The van der Waals surface area contributed by atoms with Crippen molar-refractivity contribution in [2.45, 2.75) is 45.1 Å². The molecule has 0 radical (unpaired) electrons. The number of nitrogens with two attached hydrogens (primary N) is 1. The molecule has 0 bridgehead atoms. The summed E-state index contributed by atoms with van der Waals surface area (Å²) in [6.07, 6.45) is 5.91. The Bertz CT molecular complexity index is 545. The van der Waals surface area contributed by atoms with E-state index in [2.05, 4.69) is 10.3 Å². The molecule has 0 saturated heterocycles. The highest BCUT2D eigenvalue weighted by atomic mass is 16.4. The van der Waals surface area contributed by atoms with Crippen LogP contribution in [0, 0.1) is 12.8 Å². The minimum atomic E-state index is -0.803. The molecule has 114 valence electrons. The van der Waals surface area contributed by atoms with Crippen molar-refractivity contribution in [3.05, 3.63) is 23.4 Å². The van der Waals surface area contributed by atoms with Gasteiger partial charge in [0.1, 0.15) is 5.82 Å². The maximum absolute atomic E-state index is 11.6. The number of nitrogens with zero attached hydrogens (tertiary/aromatic N) is 1. The number of carboxylic acids is 1. The Kier molecular flexibility index (Phi) is 4.77. The summed E-state index contributed by atoms with van der Waals surface area (Å²) in [7, 11) is 0. The van der Waals surface area contributed by atoms with Crippen LogP contribution in [0.25, 0.3) is 0 Å². The Labute approximate surface area is 123 Å². The van der Waals surface area contributed by atoms with E-state index in [0.717, 1.165) is 31.2 Å². The molecule has 1 aliphatic rings. The molecule has 0 aromatic carbocycles. The lowest BCUT2D eigenvalue weighted by Gasteiger charge is -2.24. The maximum Gasteiger partial charge on any atom is 0.308 e. The number of pyridine rings is 1. The van der Waals surface area contributed by atoms with Crippen LogP contribution in [0.1, 0.15) is 48.0 Å². The van der Waals surface area contributed by atoms with E-state index in [1.807, 2.05) is 0 Å². The second-order valence-electron chi connectivity index (χ2n) is 5.55. The van der Waals surface area contributed by atoms with Gasteiger partial charge in [0.25, 0.3) is 5.91 Å². The number of anilines is 1. The zero-order chi connectivity index (χ0) is 15.4. The van der Waals surface area contributed by atoms with Crippen LogP contribution in [0.2, 0.25) is 0 Å². The predicted octanol–water partition coefficient (Wildman–Crippen LogP) is 1.93. The summed E-state index contributed by atoms with van der Waals surface area (Å²) >= 11 is 0. The summed E-state index contributed by atoms with van der Waals surface area (Å²) in [5.41, 5.74) is 6.49. The molecule has 1 aromatic heterocycles. The molecule has 1 aromatic rings. The number of hydrogen-bond acceptors (Lipinski definition) is 4. The highest BCUT2D eigenvalue weighted by Gasteiger charge is 2.30. The largest absolute Gasteiger partial charge is 0.481 e. The van der Waals surface area contributed by atoms with Crippen molar-refractivity contribution in [3.8, 4) is 0 Å². The van der Waals surface area contributed by atoms with Gasteiger partial charge in [0.15, 0.2) is 0 Å². The lowest BCUT2D eigenvalue weighted by molar-refractivity contribution is -0.142. The van der Waals surface area contributed by atoms with E-state index in [1.54, 1.807) is 19.2 Å². The minimum absolute atomic E-state index is 0.225. The van der Waals surface area contributed by atoms with Gasteiger partial charge in [-0.15, -0.1) is 0 Å². The van der Waals surface area contributed by atoms with Gasteiger partial charge in [-0.05, 0) is 31.4 Å². The van der Waals surface area contributed by atoms with Crippen LogP contribution in [0.5, 0.6) is 0 Å². The summed E-state index contributed by atoms with van der Waals surface area (Å²) < 4.78 is 0. The first-order valence-electron chi connectivity index (χ1n) is 7.25. The van der Waals surface area contributed by atoms with Crippen molar-refractivity contribution in [2.75, 3.05) is 5.32 Å². The number of carboxylic acid groups (broad SMARTS) is 1. The van der Waals surface area contributed by atoms with Crippen LogP contribution >= 0.6 is 0 Å². The fourth-order valence-electron chi connectivity index (χ4n) is 2.93. The molecule has 6 heteroatoms. The zero-order valence-corrected chi connectivity index (χ0v) is 12.1. The number of nitrogens with one attached hydrogen (secondary N) is 1. The second kappa shape index (κ2) is 6.56. The Balaban J connectivity index is 2.28. The number of aromatic nitrogens is 1. The van der Waals surface area contributed by atoms with Gasteiger partial charge in [-0.1, -0.05) is 19.3 Å². The normalized spacial score (nSPS) is 22.3. The van der Waals surface area contributed by atoms with E-state index in [-0.39, 0.29) is 6.04 Å². The topological polar surface area (TPSA) is 105 Å². The van der Waals surface area contributed by atoms with Gasteiger partial charge in [-0.3, -0.25) is 9.59 Å². The molecule has 0 aliphatic heterocycles. The fourth-order valence-corrected chi connectivity index (χ4v) is 2.93. The third kappa shape index (κ3) is 3.51. The van der Waals surface area contributed by atoms with Gasteiger partial charge < -0.3 is 16.2 Å². The SMILES string of the molecule is Cc1ccnc(NC2CCCCCC2C(=O)O)c1C(N)=O. The van der Waals surface area contributed by atoms with Crippen LogP contribution in [-0.2, 0) is 4.79 Å². The lowest BCUT2D eigenvalue weighted by Crippen LogP contribution is -2.35. The maximum atomic E-state index is 11.6. The van der Waals surface area contributed by atoms with E-state index in [4.69, 9.17) is 5.73 Å². The molecule has 4 N–H and O–H groups in total. The standard InChI is InChI=1S/C15H21N3O3/c1-9-7-8-17-14(12(9)13(16)19)18-11-6-4-2-3-5-10(11)15(20)21/h7-8,10-11H,2-6H2,1H3,(H2,16,19)(H,17,18)(H,20,21). The van der Waals surface area contributed by atoms with E-state index >= 15 is 0 Å². The molecule has 6 nitrogen and oxygen atoms in total. The highest BCUT2D eigenvalue weighted by Crippen LogP contribution is 2.27. The van der Waals surface area contributed by atoms with Crippen molar-refractivity contribution < 1.29 is 14.7 Å². The Morgan fingerprint density at radius 3 is 2.71 bits per heavy atom. The summed E-state index contributed by atoms with van der Waals surface area (Å²) in [6, 6.07) is 1.49. The second-order valence-corrected chi connectivity index (χ2v) is 5.55. The first-order valence-corrected chi connectivity index (χ1v) is 7.25. The Morgan fingerprint density at radius 1 is 1.33 bits per heavy atom. The molecule has 1 aliphatic carbocycles. The molecule has 1 heterocycles. The van der Waals surface area contributed by atoms with Crippen molar-refractivity contribution in [2.24, 2.45) is 11.7 Å². The van der Waals surface area contributed by atoms with Gasteiger partial charge in [-0.2, -0.15) is 0 Å². The summed E-state index contributed by atoms with van der Waals surface area (Å²) in [5.74, 6) is -1.43. The van der Waals surface area contributed by atoms with Gasteiger partial charge in [0, 0.05) is 12.2 Å². The van der Waals surface area contributed by atoms with Crippen molar-refractivity contribution in [1.82, 2.24) is 4.98 Å². The molecular formula is C15H21N3O3. The number of hydrogen-bond donors (Lipinski definition) is 3. The average Bonchev–Trinajstić information content (AvgIpc) is 2.63. The summed E-state index contributed by atoms with van der Waals surface area (Å²) in [5, 5.41) is 12.5. The number of aryl methyl sites for hydroxylation is 1. The van der Waals surface area contributed by atoms with Crippen LogP contribution in [-0.4, -0.2) is 28.0 Å². The molecular weight excluding hydrogens is 270 g/mol. The summed E-state index contributed by atoms with van der Waals surface area (Å²) in [4.78, 5) is 27.2. The first-order chi connectivity index (χ1) is 10.0. The number of carbonyl (C=O) groups is 2. The number of primary amides is 1. The molecule has 21 heavy (non-hydrogen) atoms. The third-order valence-electron chi connectivity index (χ3n) is 4.06. The first kappa shape index (κ1) is 15.3.